The molecule has 0 saturated heterocycles. The highest BCUT2D eigenvalue weighted by atomic mass is 32.1. The van der Waals surface area contributed by atoms with E-state index in [0.717, 1.165) is 45.7 Å². The summed E-state index contributed by atoms with van der Waals surface area (Å²) < 4.78 is 1.16. The number of carbonyl (C=O) groups is 1. The molecule has 2 aromatic carbocycles. The highest BCUT2D eigenvalue weighted by Gasteiger charge is 2.39. The summed E-state index contributed by atoms with van der Waals surface area (Å²) in [6.45, 7) is 0. The van der Waals surface area contributed by atoms with Crippen molar-refractivity contribution in [1.82, 2.24) is 4.98 Å². The first-order chi connectivity index (χ1) is 12.7. The lowest BCUT2D eigenvalue weighted by Crippen LogP contribution is -2.36. The van der Waals surface area contributed by atoms with Gasteiger partial charge >= 0.3 is 0 Å². The molecule has 1 saturated carbocycles. The van der Waals surface area contributed by atoms with Gasteiger partial charge in [0.05, 0.1) is 16.3 Å². The molecule has 1 N–H and O–H groups in total. The van der Waals surface area contributed by atoms with E-state index in [-0.39, 0.29) is 5.91 Å². The van der Waals surface area contributed by atoms with E-state index in [1.807, 2.05) is 42.5 Å². The average molecular weight is 361 g/mol. The molecule has 0 aliphatic heterocycles. The molecule has 26 heavy (non-hydrogen) atoms. The summed E-state index contributed by atoms with van der Waals surface area (Å²) in [7, 11) is 0. The number of nitriles is 1. The molecule has 130 valence electrons. The molecule has 1 aliphatic carbocycles. The van der Waals surface area contributed by atoms with Gasteiger partial charge in [0, 0.05) is 11.3 Å². The zero-order chi connectivity index (χ0) is 18.0. The third-order valence-corrected chi connectivity index (χ3v) is 6.12. The molecule has 4 nitrogen and oxygen atoms in total. The monoisotopic (exact) mass is 361 g/mol. The van der Waals surface area contributed by atoms with Crippen LogP contribution in [0.1, 0.15) is 32.1 Å². The molecule has 3 aromatic rings. The molecule has 0 radical (unpaired) electrons. The number of rotatable bonds is 3. The van der Waals surface area contributed by atoms with E-state index in [0.29, 0.717) is 12.8 Å². The molecule has 0 atom stereocenters. The fourth-order valence-electron chi connectivity index (χ4n) is 3.49. The Morgan fingerprint density at radius 1 is 1.08 bits per heavy atom. The van der Waals surface area contributed by atoms with Gasteiger partial charge in [0.15, 0.2) is 0 Å². The van der Waals surface area contributed by atoms with Crippen molar-refractivity contribution >= 4 is 33.1 Å². The number of amides is 1. The minimum Gasteiger partial charge on any atom is -0.325 e. The van der Waals surface area contributed by atoms with Crippen LogP contribution in [0.4, 0.5) is 5.69 Å². The lowest BCUT2D eigenvalue weighted by Gasteiger charge is -2.29. The Morgan fingerprint density at radius 2 is 1.81 bits per heavy atom. The fraction of sp³-hybridized carbons (Fsp3) is 0.286. The molecule has 0 unspecified atom stereocenters. The van der Waals surface area contributed by atoms with E-state index in [4.69, 9.17) is 0 Å². The number of thiazole rings is 1. The van der Waals surface area contributed by atoms with Crippen LogP contribution in [0.5, 0.6) is 0 Å². The van der Waals surface area contributed by atoms with Crippen molar-refractivity contribution in [3.63, 3.8) is 0 Å². The molecule has 0 bridgehead atoms. The maximum absolute atomic E-state index is 12.6. The van der Waals surface area contributed by atoms with Crippen LogP contribution < -0.4 is 5.32 Å². The number of carbonyl (C=O) groups excluding carboxylic acids is 1. The number of nitrogens with zero attached hydrogens (tertiary/aromatic N) is 2. The van der Waals surface area contributed by atoms with E-state index in [2.05, 4.69) is 22.4 Å². The Morgan fingerprint density at radius 3 is 2.50 bits per heavy atom. The molecule has 1 aliphatic rings. The number of para-hydroxylation sites is 1. The number of hydrogen-bond acceptors (Lipinski definition) is 4. The molecule has 1 aromatic heterocycles. The first-order valence-corrected chi connectivity index (χ1v) is 9.71. The minimum absolute atomic E-state index is 0.174. The van der Waals surface area contributed by atoms with Gasteiger partial charge in [0.1, 0.15) is 10.4 Å². The van der Waals surface area contributed by atoms with Crippen LogP contribution in [0.2, 0.25) is 0 Å². The smallest absolute Gasteiger partial charge is 0.244 e. The van der Waals surface area contributed by atoms with E-state index in [9.17, 15) is 10.1 Å². The molecule has 0 spiro atoms. The van der Waals surface area contributed by atoms with Crippen LogP contribution in [0, 0.1) is 16.7 Å². The quantitative estimate of drug-likeness (QED) is 0.681. The fourth-order valence-corrected chi connectivity index (χ4v) is 4.46. The van der Waals surface area contributed by atoms with E-state index in [1.165, 1.54) is 0 Å². The van der Waals surface area contributed by atoms with Crippen LogP contribution in [-0.4, -0.2) is 10.9 Å². The topological polar surface area (TPSA) is 65.8 Å². The third-order valence-electron chi connectivity index (χ3n) is 5.04. The van der Waals surface area contributed by atoms with Gasteiger partial charge in [-0.15, -0.1) is 11.3 Å². The van der Waals surface area contributed by atoms with Gasteiger partial charge in [-0.25, -0.2) is 4.98 Å². The lowest BCUT2D eigenvalue weighted by atomic mass is 9.74. The summed E-state index contributed by atoms with van der Waals surface area (Å²) in [4.78, 5) is 17.3. The Bertz CT molecular complexity index is 945. The van der Waals surface area contributed by atoms with Crippen molar-refractivity contribution in [2.24, 2.45) is 5.41 Å². The SMILES string of the molecule is N#CC1(C(=O)Nc2ccc(-c3nc4ccccc4s3)cc2)CCCCC1. The number of nitrogens with one attached hydrogen (secondary N) is 1. The first kappa shape index (κ1) is 16.7. The van der Waals surface area contributed by atoms with Crippen LogP contribution in [-0.2, 0) is 4.79 Å². The zero-order valence-electron chi connectivity index (χ0n) is 14.4. The van der Waals surface area contributed by atoms with E-state index in [1.54, 1.807) is 11.3 Å². The number of fused-ring (bicyclic) bond motifs is 1. The van der Waals surface area contributed by atoms with Crippen molar-refractivity contribution in [2.45, 2.75) is 32.1 Å². The van der Waals surface area contributed by atoms with Crippen LogP contribution in [0.15, 0.2) is 48.5 Å². The Labute approximate surface area is 156 Å². The maximum atomic E-state index is 12.6. The van der Waals surface area contributed by atoms with Crippen molar-refractivity contribution in [1.29, 1.82) is 5.26 Å². The van der Waals surface area contributed by atoms with Gasteiger partial charge in [-0.2, -0.15) is 5.26 Å². The number of aromatic nitrogens is 1. The van der Waals surface area contributed by atoms with Gasteiger partial charge in [0.2, 0.25) is 5.91 Å². The second-order valence-corrected chi connectivity index (χ2v) is 7.80. The third kappa shape index (κ3) is 3.09. The van der Waals surface area contributed by atoms with Gasteiger partial charge in [0.25, 0.3) is 0 Å². The maximum Gasteiger partial charge on any atom is 0.244 e. The Balaban J connectivity index is 1.52. The average Bonchev–Trinajstić information content (AvgIpc) is 3.13. The van der Waals surface area contributed by atoms with Crippen LogP contribution >= 0.6 is 11.3 Å². The number of hydrogen-bond donors (Lipinski definition) is 1. The van der Waals surface area contributed by atoms with Crippen molar-refractivity contribution in [3.05, 3.63) is 48.5 Å². The summed E-state index contributed by atoms with van der Waals surface area (Å²) in [6, 6.07) is 18.0. The number of anilines is 1. The normalized spacial score (nSPS) is 16.1. The Hall–Kier alpha value is -2.71. The van der Waals surface area contributed by atoms with Crippen LogP contribution in [0.25, 0.3) is 20.8 Å². The minimum atomic E-state index is -0.871. The van der Waals surface area contributed by atoms with Crippen LogP contribution in [0.3, 0.4) is 0 Å². The second kappa shape index (κ2) is 6.89. The standard InChI is InChI=1S/C21H19N3OS/c22-14-21(12-4-1-5-13-21)20(25)23-16-10-8-15(9-11-16)19-24-17-6-2-3-7-18(17)26-19/h2-3,6-11H,1,4-5,12-13H2,(H,23,25). The van der Waals surface area contributed by atoms with Crippen molar-refractivity contribution in [3.8, 4) is 16.6 Å². The molecular formula is C21H19N3OS. The molecule has 1 fully saturated rings. The molecule has 1 amide bonds. The van der Waals surface area contributed by atoms with Gasteiger partial charge in [-0.1, -0.05) is 31.4 Å². The number of benzene rings is 2. The van der Waals surface area contributed by atoms with Gasteiger partial charge in [-0.3, -0.25) is 4.79 Å². The lowest BCUT2D eigenvalue weighted by molar-refractivity contribution is -0.124. The summed E-state index contributed by atoms with van der Waals surface area (Å²) in [5.41, 5.74) is 1.87. The summed E-state index contributed by atoms with van der Waals surface area (Å²) in [6.07, 6.45) is 4.29. The largest absolute Gasteiger partial charge is 0.325 e. The van der Waals surface area contributed by atoms with Crippen molar-refractivity contribution in [2.75, 3.05) is 5.32 Å². The Kier molecular flexibility index (Phi) is 4.44. The van der Waals surface area contributed by atoms with Crippen molar-refractivity contribution < 1.29 is 4.79 Å². The molecule has 4 rings (SSSR count). The summed E-state index contributed by atoms with van der Waals surface area (Å²) in [5.74, 6) is -0.174. The predicted molar refractivity (Wildman–Crippen MR) is 105 cm³/mol. The van der Waals surface area contributed by atoms with Gasteiger partial charge in [-0.05, 0) is 49.2 Å². The molecule has 5 heteroatoms. The highest BCUT2D eigenvalue weighted by Crippen LogP contribution is 2.37. The zero-order valence-corrected chi connectivity index (χ0v) is 15.2. The van der Waals surface area contributed by atoms with Gasteiger partial charge < -0.3 is 5.32 Å². The molecular weight excluding hydrogens is 342 g/mol. The predicted octanol–water partition coefficient (Wildman–Crippen LogP) is 5.38. The first-order valence-electron chi connectivity index (χ1n) is 8.89. The molecule has 1 heterocycles. The highest BCUT2D eigenvalue weighted by molar-refractivity contribution is 7.21. The second-order valence-electron chi connectivity index (χ2n) is 6.77. The summed E-state index contributed by atoms with van der Waals surface area (Å²) in [5, 5.41) is 13.4. The van der Waals surface area contributed by atoms with E-state index >= 15 is 0 Å². The van der Waals surface area contributed by atoms with E-state index < -0.39 is 5.41 Å². The summed E-state index contributed by atoms with van der Waals surface area (Å²) >= 11 is 1.65.